The van der Waals surface area contributed by atoms with Gasteiger partial charge in [-0.05, 0) is 30.3 Å². The molecule has 2 aromatic rings. The SMILES string of the molecule is O=C(Nc1ccccn1)c1cccc(C(F)(F)F)c1. The van der Waals surface area contributed by atoms with Crippen LogP contribution in [0.4, 0.5) is 19.0 Å². The van der Waals surface area contributed by atoms with E-state index in [1.165, 1.54) is 18.3 Å². The molecule has 3 nitrogen and oxygen atoms in total. The molecular formula is C13H9F3N2O. The Kier molecular flexibility index (Phi) is 3.50. The van der Waals surface area contributed by atoms with Crippen LogP contribution in [-0.4, -0.2) is 10.9 Å². The maximum absolute atomic E-state index is 12.5. The Labute approximate surface area is 107 Å². The number of nitrogens with zero attached hydrogens (tertiary/aromatic N) is 1. The first-order valence-electron chi connectivity index (χ1n) is 5.36. The molecule has 1 heterocycles. The van der Waals surface area contributed by atoms with Gasteiger partial charge in [-0.3, -0.25) is 4.79 Å². The van der Waals surface area contributed by atoms with Gasteiger partial charge in [0.2, 0.25) is 0 Å². The lowest BCUT2D eigenvalue weighted by Crippen LogP contribution is -2.14. The van der Waals surface area contributed by atoms with Crippen molar-refractivity contribution in [1.29, 1.82) is 0 Å². The maximum Gasteiger partial charge on any atom is 0.416 e. The van der Waals surface area contributed by atoms with Gasteiger partial charge >= 0.3 is 6.18 Å². The van der Waals surface area contributed by atoms with Gasteiger partial charge in [0.15, 0.2) is 0 Å². The van der Waals surface area contributed by atoms with Crippen molar-refractivity contribution in [2.75, 3.05) is 5.32 Å². The minimum absolute atomic E-state index is 0.0690. The van der Waals surface area contributed by atoms with E-state index in [0.717, 1.165) is 12.1 Å². The van der Waals surface area contributed by atoms with Gasteiger partial charge in [-0.25, -0.2) is 4.98 Å². The molecule has 0 saturated carbocycles. The Morgan fingerprint density at radius 3 is 2.53 bits per heavy atom. The van der Waals surface area contributed by atoms with Crippen LogP contribution >= 0.6 is 0 Å². The molecule has 0 unspecified atom stereocenters. The summed E-state index contributed by atoms with van der Waals surface area (Å²) in [6.07, 6.45) is -3.00. The molecule has 0 bridgehead atoms. The summed E-state index contributed by atoms with van der Waals surface area (Å²) < 4.78 is 37.5. The standard InChI is InChI=1S/C13H9F3N2O/c14-13(15,16)10-5-3-4-9(8-10)12(19)18-11-6-1-2-7-17-11/h1-8H,(H,17,18,19). The van der Waals surface area contributed by atoms with Gasteiger partial charge in [-0.15, -0.1) is 0 Å². The third kappa shape index (κ3) is 3.31. The number of anilines is 1. The molecule has 0 fully saturated rings. The van der Waals surface area contributed by atoms with E-state index < -0.39 is 17.6 Å². The van der Waals surface area contributed by atoms with Crippen LogP contribution in [0.3, 0.4) is 0 Å². The highest BCUT2D eigenvalue weighted by atomic mass is 19.4. The fraction of sp³-hybridized carbons (Fsp3) is 0.0769. The van der Waals surface area contributed by atoms with E-state index in [2.05, 4.69) is 10.3 Å². The average molecular weight is 266 g/mol. The summed E-state index contributed by atoms with van der Waals surface area (Å²) >= 11 is 0. The molecule has 2 rings (SSSR count). The van der Waals surface area contributed by atoms with Crippen LogP contribution < -0.4 is 5.32 Å². The summed E-state index contributed by atoms with van der Waals surface area (Å²) in [5.74, 6) is -0.352. The summed E-state index contributed by atoms with van der Waals surface area (Å²) in [4.78, 5) is 15.6. The zero-order valence-electron chi connectivity index (χ0n) is 9.61. The second-order valence-corrected chi connectivity index (χ2v) is 3.75. The highest BCUT2D eigenvalue weighted by Gasteiger charge is 2.30. The van der Waals surface area contributed by atoms with Crippen LogP contribution in [0.2, 0.25) is 0 Å². The van der Waals surface area contributed by atoms with E-state index in [4.69, 9.17) is 0 Å². The summed E-state index contributed by atoms with van der Waals surface area (Å²) in [5.41, 5.74) is -0.929. The number of alkyl halides is 3. The maximum atomic E-state index is 12.5. The zero-order chi connectivity index (χ0) is 13.9. The van der Waals surface area contributed by atoms with Crippen molar-refractivity contribution in [3.63, 3.8) is 0 Å². The van der Waals surface area contributed by atoms with E-state index in [9.17, 15) is 18.0 Å². The van der Waals surface area contributed by atoms with Crippen molar-refractivity contribution < 1.29 is 18.0 Å². The van der Waals surface area contributed by atoms with E-state index >= 15 is 0 Å². The summed E-state index contributed by atoms with van der Waals surface area (Å²) in [6, 6.07) is 9.10. The van der Waals surface area contributed by atoms with Gasteiger partial charge in [0, 0.05) is 11.8 Å². The Balaban J connectivity index is 2.20. The fourth-order valence-electron chi connectivity index (χ4n) is 1.46. The molecule has 0 atom stereocenters. The van der Waals surface area contributed by atoms with Crippen LogP contribution in [0.15, 0.2) is 48.7 Å². The normalized spacial score (nSPS) is 11.1. The van der Waals surface area contributed by atoms with Crippen LogP contribution in [0.25, 0.3) is 0 Å². The summed E-state index contributed by atoms with van der Waals surface area (Å²) in [7, 11) is 0. The number of hydrogen-bond donors (Lipinski definition) is 1. The van der Waals surface area contributed by atoms with Gasteiger partial charge in [0.05, 0.1) is 5.56 Å². The third-order valence-electron chi connectivity index (χ3n) is 2.36. The monoisotopic (exact) mass is 266 g/mol. The molecule has 0 aliphatic rings. The number of hydrogen-bond acceptors (Lipinski definition) is 2. The highest BCUT2D eigenvalue weighted by molar-refractivity contribution is 6.03. The second kappa shape index (κ2) is 5.09. The smallest absolute Gasteiger partial charge is 0.307 e. The lowest BCUT2D eigenvalue weighted by molar-refractivity contribution is -0.137. The molecule has 0 saturated heterocycles. The Bertz CT molecular complexity index is 582. The average Bonchev–Trinajstić information content (AvgIpc) is 2.39. The number of halogens is 3. The van der Waals surface area contributed by atoms with Crippen molar-refractivity contribution in [2.24, 2.45) is 0 Å². The third-order valence-corrected chi connectivity index (χ3v) is 2.36. The lowest BCUT2D eigenvalue weighted by Gasteiger charge is -2.08. The Morgan fingerprint density at radius 2 is 1.89 bits per heavy atom. The molecule has 1 N–H and O–H groups in total. The van der Waals surface area contributed by atoms with Gasteiger partial charge < -0.3 is 5.32 Å². The molecular weight excluding hydrogens is 257 g/mol. The van der Waals surface area contributed by atoms with Gasteiger partial charge in [0.25, 0.3) is 5.91 Å². The van der Waals surface area contributed by atoms with Crippen LogP contribution in [0.1, 0.15) is 15.9 Å². The predicted octanol–water partition coefficient (Wildman–Crippen LogP) is 3.35. The molecule has 19 heavy (non-hydrogen) atoms. The van der Waals surface area contributed by atoms with Crippen molar-refractivity contribution in [3.8, 4) is 0 Å². The Hall–Kier alpha value is -2.37. The fourth-order valence-corrected chi connectivity index (χ4v) is 1.46. The number of benzene rings is 1. The van der Waals surface area contributed by atoms with E-state index in [-0.39, 0.29) is 11.4 Å². The first kappa shape index (κ1) is 13.1. The molecule has 98 valence electrons. The largest absolute Gasteiger partial charge is 0.416 e. The van der Waals surface area contributed by atoms with Crippen molar-refractivity contribution >= 4 is 11.7 Å². The van der Waals surface area contributed by atoms with Gasteiger partial charge in [-0.1, -0.05) is 12.1 Å². The highest BCUT2D eigenvalue weighted by Crippen LogP contribution is 2.29. The molecule has 0 aliphatic heterocycles. The quantitative estimate of drug-likeness (QED) is 0.905. The number of carbonyl (C=O) groups excluding carboxylic acids is 1. The lowest BCUT2D eigenvalue weighted by atomic mass is 10.1. The van der Waals surface area contributed by atoms with Crippen LogP contribution in [0.5, 0.6) is 0 Å². The molecule has 1 aromatic heterocycles. The van der Waals surface area contributed by atoms with Crippen molar-refractivity contribution in [3.05, 3.63) is 59.8 Å². The summed E-state index contributed by atoms with van der Waals surface area (Å²) in [5, 5.41) is 2.42. The first-order valence-corrected chi connectivity index (χ1v) is 5.36. The van der Waals surface area contributed by atoms with Gasteiger partial charge in [-0.2, -0.15) is 13.2 Å². The molecule has 1 amide bonds. The first-order chi connectivity index (χ1) is 8.97. The minimum Gasteiger partial charge on any atom is -0.307 e. The predicted molar refractivity (Wildman–Crippen MR) is 63.6 cm³/mol. The molecule has 0 aliphatic carbocycles. The minimum atomic E-state index is -4.47. The second-order valence-electron chi connectivity index (χ2n) is 3.75. The van der Waals surface area contributed by atoms with Crippen molar-refractivity contribution in [2.45, 2.75) is 6.18 Å². The van der Waals surface area contributed by atoms with Crippen LogP contribution in [-0.2, 0) is 6.18 Å². The molecule has 1 aromatic carbocycles. The number of amides is 1. The Morgan fingerprint density at radius 1 is 1.11 bits per heavy atom. The topological polar surface area (TPSA) is 42.0 Å². The molecule has 0 spiro atoms. The number of aromatic nitrogens is 1. The van der Waals surface area contributed by atoms with Crippen LogP contribution in [0, 0.1) is 0 Å². The number of rotatable bonds is 2. The molecule has 6 heteroatoms. The number of carbonyl (C=O) groups is 1. The van der Waals surface area contributed by atoms with E-state index in [0.29, 0.717) is 0 Å². The molecule has 0 radical (unpaired) electrons. The number of pyridine rings is 1. The van der Waals surface area contributed by atoms with Crippen molar-refractivity contribution in [1.82, 2.24) is 4.98 Å². The summed E-state index contributed by atoms with van der Waals surface area (Å²) in [6.45, 7) is 0. The zero-order valence-corrected chi connectivity index (χ0v) is 9.61. The number of nitrogens with one attached hydrogen (secondary N) is 1. The van der Waals surface area contributed by atoms with Gasteiger partial charge in [0.1, 0.15) is 5.82 Å². The van der Waals surface area contributed by atoms with E-state index in [1.54, 1.807) is 18.2 Å². The van der Waals surface area contributed by atoms with E-state index in [1.807, 2.05) is 0 Å².